The van der Waals surface area contributed by atoms with E-state index in [-0.39, 0.29) is 0 Å². The van der Waals surface area contributed by atoms with Crippen LogP contribution in [0.5, 0.6) is 0 Å². The van der Waals surface area contributed by atoms with Crippen molar-refractivity contribution in [2.45, 2.75) is 70.6 Å². The summed E-state index contributed by atoms with van der Waals surface area (Å²) in [4.78, 5) is 0. The fourth-order valence-corrected chi connectivity index (χ4v) is 5.02. The Balaban J connectivity index is 1.48. The molecule has 1 heteroatoms. The van der Waals surface area contributed by atoms with Gasteiger partial charge in [-0.2, -0.15) is 5.26 Å². The summed E-state index contributed by atoms with van der Waals surface area (Å²) < 4.78 is 0. The molecule has 2 fully saturated rings. The van der Waals surface area contributed by atoms with E-state index in [2.05, 4.69) is 49.9 Å². The van der Waals surface area contributed by atoms with Gasteiger partial charge in [-0.05, 0) is 92.6 Å². The van der Waals surface area contributed by atoms with Crippen molar-refractivity contribution in [1.29, 1.82) is 5.26 Å². The van der Waals surface area contributed by atoms with E-state index in [4.69, 9.17) is 5.26 Å². The molecule has 0 aliphatic heterocycles. The summed E-state index contributed by atoms with van der Waals surface area (Å²) in [7, 11) is 0. The quantitative estimate of drug-likeness (QED) is 0.417. The van der Waals surface area contributed by atoms with E-state index in [9.17, 15) is 0 Å². The van der Waals surface area contributed by atoms with Crippen molar-refractivity contribution in [3.8, 4) is 6.07 Å². The molecule has 0 heterocycles. The number of nitriles is 1. The van der Waals surface area contributed by atoms with Gasteiger partial charge in [-0.25, -0.2) is 0 Å². The highest BCUT2D eigenvalue weighted by atomic mass is 14.3. The fourth-order valence-electron chi connectivity index (χ4n) is 5.02. The van der Waals surface area contributed by atoms with Crippen LogP contribution < -0.4 is 0 Å². The molecule has 0 atom stereocenters. The van der Waals surface area contributed by atoms with Crippen molar-refractivity contribution in [3.05, 3.63) is 59.7 Å². The van der Waals surface area contributed by atoms with Crippen LogP contribution in [0, 0.1) is 29.1 Å². The molecule has 1 aromatic rings. The minimum absolute atomic E-state index is 0.612. The minimum Gasteiger partial charge on any atom is -0.193 e. The van der Waals surface area contributed by atoms with E-state index in [1.165, 1.54) is 68.1 Å². The minimum atomic E-state index is 0.612. The van der Waals surface area contributed by atoms with Crippen molar-refractivity contribution in [2.75, 3.05) is 0 Å². The number of rotatable bonds is 5. The van der Waals surface area contributed by atoms with E-state index in [0.29, 0.717) is 11.8 Å². The Morgan fingerprint density at radius 2 is 1.58 bits per heavy atom. The number of benzene rings is 1. The van der Waals surface area contributed by atoms with Crippen LogP contribution in [0.2, 0.25) is 0 Å². The van der Waals surface area contributed by atoms with Gasteiger partial charge in [0.15, 0.2) is 0 Å². The van der Waals surface area contributed by atoms with Gasteiger partial charge in [0.05, 0.1) is 6.07 Å². The third-order valence-corrected chi connectivity index (χ3v) is 6.85. The van der Waals surface area contributed by atoms with E-state index >= 15 is 0 Å². The van der Waals surface area contributed by atoms with Gasteiger partial charge in [0.2, 0.25) is 0 Å². The smallest absolute Gasteiger partial charge is 0.0908 e. The molecule has 0 aromatic heterocycles. The SMILES string of the molecule is C=C(C1CCC(/C=C/C#N)CC1)C1CCC(c2ccc(CC)cc2)CC1. The van der Waals surface area contributed by atoms with Crippen LogP contribution >= 0.6 is 0 Å². The van der Waals surface area contributed by atoms with Crippen LogP contribution in [-0.4, -0.2) is 0 Å². The molecule has 0 unspecified atom stereocenters. The zero-order chi connectivity index (χ0) is 18.4. The second kappa shape index (κ2) is 9.22. The maximum Gasteiger partial charge on any atom is 0.0908 e. The Kier molecular flexibility index (Phi) is 6.73. The number of nitrogens with zero attached hydrogens (tertiary/aromatic N) is 1. The molecule has 2 aliphatic rings. The monoisotopic (exact) mass is 347 g/mol. The van der Waals surface area contributed by atoms with Crippen molar-refractivity contribution in [2.24, 2.45) is 17.8 Å². The average Bonchev–Trinajstić information content (AvgIpc) is 2.72. The predicted octanol–water partition coefficient (Wildman–Crippen LogP) is 6.97. The molecular weight excluding hydrogens is 314 g/mol. The molecule has 0 bridgehead atoms. The summed E-state index contributed by atoms with van der Waals surface area (Å²) in [6.07, 6.45) is 15.1. The Labute approximate surface area is 159 Å². The van der Waals surface area contributed by atoms with Crippen LogP contribution in [-0.2, 0) is 6.42 Å². The molecule has 0 radical (unpaired) electrons. The molecule has 26 heavy (non-hydrogen) atoms. The van der Waals surface area contributed by atoms with Gasteiger partial charge in [0.25, 0.3) is 0 Å². The molecule has 0 spiro atoms. The summed E-state index contributed by atoms with van der Waals surface area (Å²) >= 11 is 0. The van der Waals surface area contributed by atoms with E-state index in [1.54, 1.807) is 6.08 Å². The Morgan fingerprint density at radius 3 is 2.12 bits per heavy atom. The summed E-state index contributed by atoms with van der Waals surface area (Å²) in [5, 5.41) is 8.69. The maximum atomic E-state index is 8.69. The number of hydrogen-bond acceptors (Lipinski definition) is 1. The van der Waals surface area contributed by atoms with Gasteiger partial charge in [-0.15, -0.1) is 0 Å². The second-order valence-corrected chi connectivity index (χ2v) is 8.32. The van der Waals surface area contributed by atoms with Gasteiger partial charge >= 0.3 is 0 Å². The first-order chi connectivity index (χ1) is 12.7. The molecule has 2 saturated carbocycles. The Hall–Kier alpha value is -1.81. The molecule has 0 saturated heterocycles. The molecule has 2 aliphatic carbocycles. The first-order valence-electron chi connectivity index (χ1n) is 10.5. The zero-order valence-corrected chi connectivity index (χ0v) is 16.3. The molecule has 0 amide bonds. The topological polar surface area (TPSA) is 23.8 Å². The van der Waals surface area contributed by atoms with Crippen LogP contribution in [0.1, 0.15) is 75.3 Å². The highest BCUT2D eigenvalue weighted by Gasteiger charge is 2.29. The molecule has 138 valence electrons. The van der Waals surface area contributed by atoms with Crippen molar-refractivity contribution < 1.29 is 0 Å². The number of hydrogen-bond donors (Lipinski definition) is 0. The Bertz CT molecular complexity index is 644. The fraction of sp³-hybridized carbons (Fsp3) is 0.560. The molecular formula is C25H33N. The summed E-state index contributed by atoms with van der Waals surface area (Å²) in [5.41, 5.74) is 4.51. The zero-order valence-electron chi connectivity index (χ0n) is 16.3. The lowest BCUT2D eigenvalue weighted by Gasteiger charge is -2.36. The van der Waals surface area contributed by atoms with Gasteiger partial charge < -0.3 is 0 Å². The van der Waals surface area contributed by atoms with Crippen LogP contribution in [0.15, 0.2) is 48.6 Å². The third-order valence-electron chi connectivity index (χ3n) is 6.85. The third kappa shape index (κ3) is 4.67. The van der Waals surface area contributed by atoms with Gasteiger partial charge in [0.1, 0.15) is 0 Å². The predicted molar refractivity (Wildman–Crippen MR) is 110 cm³/mol. The Morgan fingerprint density at radius 1 is 1.00 bits per heavy atom. The lowest BCUT2D eigenvalue weighted by atomic mass is 9.70. The number of allylic oxidation sites excluding steroid dienone is 3. The standard InChI is InChI=1S/C25H33N/c1-3-20-6-12-24(13-7-20)25-16-14-23(15-17-25)19(2)22-10-8-21(9-11-22)5-4-18-26/h4-7,12-13,21-23,25H,2-3,8-11,14-17H2,1H3/b5-4+. The molecule has 3 rings (SSSR count). The second-order valence-electron chi connectivity index (χ2n) is 8.32. The van der Waals surface area contributed by atoms with Crippen LogP contribution in [0.3, 0.4) is 0 Å². The van der Waals surface area contributed by atoms with E-state index < -0.39 is 0 Å². The van der Waals surface area contributed by atoms with Crippen molar-refractivity contribution in [3.63, 3.8) is 0 Å². The average molecular weight is 348 g/mol. The highest BCUT2D eigenvalue weighted by molar-refractivity contribution is 5.26. The van der Waals surface area contributed by atoms with Crippen molar-refractivity contribution in [1.82, 2.24) is 0 Å². The highest BCUT2D eigenvalue weighted by Crippen LogP contribution is 2.43. The maximum absolute atomic E-state index is 8.69. The first-order valence-corrected chi connectivity index (χ1v) is 10.5. The largest absolute Gasteiger partial charge is 0.193 e. The molecule has 1 aromatic carbocycles. The lowest BCUT2D eigenvalue weighted by molar-refractivity contribution is 0.290. The summed E-state index contributed by atoms with van der Waals surface area (Å²) in [5.74, 6) is 2.81. The summed E-state index contributed by atoms with van der Waals surface area (Å²) in [6, 6.07) is 11.4. The lowest BCUT2D eigenvalue weighted by Crippen LogP contribution is -2.22. The molecule has 0 N–H and O–H groups in total. The molecule has 1 nitrogen and oxygen atoms in total. The van der Waals surface area contributed by atoms with E-state index in [1.807, 2.05) is 0 Å². The van der Waals surface area contributed by atoms with Crippen molar-refractivity contribution >= 4 is 0 Å². The van der Waals surface area contributed by atoms with E-state index in [0.717, 1.165) is 18.3 Å². The van der Waals surface area contributed by atoms with Crippen LogP contribution in [0.4, 0.5) is 0 Å². The first kappa shape index (κ1) is 19.0. The van der Waals surface area contributed by atoms with Gasteiger partial charge in [0, 0.05) is 6.08 Å². The van der Waals surface area contributed by atoms with Gasteiger partial charge in [-0.3, -0.25) is 0 Å². The van der Waals surface area contributed by atoms with Crippen LogP contribution in [0.25, 0.3) is 0 Å². The van der Waals surface area contributed by atoms with Gasteiger partial charge in [-0.1, -0.05) is 49.4 Å². The number of aryl methyl sites for hydroxylation is 1. The normalized spacial score (nSPS) is 29.4. The summed E-state index contributed by atoms with van der Waals surface area (Å²) in [6.45, 7) is 6.76.